The first-order valence-electron chi connectivity index (χ1n) is 5.96. The lowest BCUT2D eigenvalue weighted by Gasteiger charge is -2.15. The predicted octanol–water partition coefficient (Wildman–Crippen LogP) is 2.34. The molecule has 17 heavy (non-hydrogen) atoms. The molecule has 0 bridgehead atoms. The molecule has 1 aromatic carbocycles. The Labute approximate surface area is 102 Å². The number of nitriles is 2. The molecule has 1 aliphatic carbocycles. The molecule has 3 heteroatoms. The van der Waals surface area contributed by atoms with Crippen molar-refractivity contribution in [3.63, 3.8) is 0 Å². The molecule has 0 aliphatic heterocycles. The van der Waals surface area contributed by atoms with Gasteiger partial charge in [0.1, 0.15) is 0 Å². The van der Waals surface area contributed by atoms with Crippen molar-refractivity contribution in [2.45, 2.75) is 31.8 Å². The summed E-state index contributed by atoms with van der Waals surface area (Å²) in [5, 5.41) is 21.4. The summed E-state index contributed by atoms with van der Waals surface area (Å²) < 4.78 is 0. The van der Waals surface area contributed by atoms with Gasteiger partial charge in [0.05, 0.1) is 23.6 Å². The molecule has 0 spiro atoms. The van der Waals surface area contributed by atoms with Gasteiger partial charge in [-0.1, -0.05) is 24.6 Å². The van der Waals surface area contributed by atoms with Gasteiger partial charge in [0, 0.05) is 12.6 Å². The zero-order valence-corrected chi connectivity index (χ0v) is 9.69. The van der Waals surface area contributed by atoms with Gasteiger partial charge in [-0.2, -0.15) is 10.5 Å². The second kappa shape index (κ2) is 5.48. The van der Waals surface area contributed by atoms with E-state index < -0.39 is 0 Å². The van der Waals surface area contributed by atoms with E-state index in [4.69, 9.17) is 10.5 Å². The SMILES string of the molecule is N#Cc1ccccc1CNC1CCCC1C#N. The van der Waals surface area contributed by atoms with Crippen LogP contribution in [-0.4, -0.2) is 6.04 Å². The van der Waals surface area contributed by atoms with Crippen LogP contribution in [0.1, 0.15) is 30.4 Å². The van der Waals surface area contributed by atoms with E-state index in [1.165, 1.54) is 0 Å². The quantitative estimate of drug-likeness (QED) is 0.858. The van der Waals surface area contributed by atoms with Gasteiger partial charge in [-0.05, 0) is 24.5 Å². The summed E-state index contributed by atoms with van der Waals surface area (Å²) in [5.74, 6) is 0.129. The highest BCUT2D eigenvalue weighted by Gasteiger charge is 2.26. The first-order valence-corrected chi connectivity index (χ1v) is 5.96. The maximum Gasteiger partial charge on any atom is 0.0995 e. The van der Waals surface area contributed by atoms with Crippen LogP contribution in [0.15, 0.2) is 24.3 Å². The summed E-state index contributed by atoms with van der Waals surface area (Å²) in [6, 6.07) is 12.4. The van der Waals surface area contributed by atoms with Gasteiger partial charge in [-0.25, -0.2) is 0 Å². The fourth-order valence-corrected chi connectivity index (χ4v) is 2.38. The Morgan fingerprint density at radius 3 is 2.82 bits per heavy atom. The largest absolute Gasteiger partial charge is 0.309 e. The van der Waals surface area contributed by atoms with Gasteiger partial charge in [-0.15, -0.1) is 0 Å². The maximum absolute atomic E-state index is 8.99. The van der Waals surface area contributed by atoms with E-state index in [9.17, 15) is 0 Å². The standard InChI is InChI=1S/C14H15N3/c15-8-11-4-1-2-5-13(11)10-17-14-7-3-6-12(14)9-16/h1-2,4-5,12,14,17H,3,6-7,10H2. The fourth-order valence-electron chi connectivity index (χ4n) is 2.38. The number of benzene rings is 1. The van der Waals surface area contributed by atoms with Gasteiger partial charge >= 0.3 is 0 Å². The van der Waals surface area contributed by atoms with Crippen molar-refractivity contribution in [1.29, 1.82) is 10.5 Å². The zero-order valence-electron chi connectivity index (χ0n) is 9.69. The van der Waals surface area contributed by atoms with E-state index in [0.717, 1.165) is 24.8 Å². The van der Waals surface area contributed by atoms with Crippen LogP contribution in [0.5, 0.6) is 0 Å². The third kappa shape index (κ3) is 2.64. The Bertz CT molecular complexity index is 467. The van der Waals surface area contributed by atoms with Crippen molar-refractivity contribution in [1.82, 2.24) is 5.32 Å². The molecule has 1 aliphatic rings. The van der Waals surface area contributed by atoms with Gasteiger partial charge < -0.3 is 5.32 Å². The molecule has 0 saturated heterocycles. The van der Waals surface area contributed by atoms with Crippen LogP contribution < -0.4 is 5.32 Å². The normalized spacial score (nSPS) is 22.9. The number of hydrogen-bond acceptors (Lipinski definition) is 3. The summed E-state index contributed by atoms with van der Waals surface area (Å²) in [6.07, 6.45) is 3.18. The molecule has 1 aromatic rings. The van der Waals surface area contributed by atoms with E-state index in [0.29, 0.717) is 12.1 Å². The summed E-state index contributed by atoms with van der Waals surface area (Å²) in [4.78, 5) is 0. The lowest BCUT2D eigenvalue weighted by atomic mass is 10.0. The Balaban J connectivity index is 1.99. The van der Waals surface area contributed by atoms with E-state index in [2.05, 4.69) is 17.5 Å². The highest BCUT2D eigenvalue weighted by molar-refractivity contribution is 5.37. The van der Waals surface area contributed by atoms with Crippen molar-refractivity contribution in [3.05, 3.63) is 35.4 Å². The first-order chi connectivity index (χ1) is 8.35. The molecule has 0 heterocycles. The molecule has 2 unspecified atom stereocenters. The maximum atomic E-state index is 8.99. The summed E-state index contributed by atoms with van der Waals surface area (Å²) in [7, 11) is 0. The summed E-state index contributed by atoms with van der Waals surface area (Å²) >= 11 is 0. The van der Waals surface area contributed by atoms with Gasteiger partial charge in [0.2, 0.25) is 0 Å². The average Bonchev–Trinajstić information content (AvgIpc) is 2.84. The molecule has 2 atom stereocenters. The Hall–Kier alpha value is -1.84. The Kier molecular flexibility index (Phi) is 3.75. The zero-order chi connectivity index (χ0) is 12.1. The summed E-state index contributed by atoms with van der Waals surface area (Å²) in [6.45, 7) is 0.673. The molecule has 1 saturated carbocycles. The molecular formula is C14H15N3. The van der Waals surface area contributed by atoms with Crippen LogP contribution in [0, 0.1) is 28.6 Å². The molecule has 1 fully saturated rings. The van der Waals surface area contributed by atoms with Gasteiger partial charge in [0.15, 0.2) is 0 Å². The molecular weight excluding hydrogens is 210 g/mol. The van der Waals surface area contributed by atoms with Crippen molar-refractivity contribution in [2.24, 2.45) is 5.92 Å². The molecule has 1 N–H and O–H groups in total. The average molecular weight is 225 g/mol. The van der Waals surface area contributed by atoms with Crippen molar-refractivity contribution in [3.8, 4) is 12.1 Å². The minimum atomic E-state index is 0.129. The predicted molar refractivity (Wildman–Crippen MR) is 64.7 cm³/mol. The highest BCUT2D eigenvalue weighted by atomic mass is 14.9. The minimum Gasteiger partial charge on any atom is -0.309 e. The molecule has 0 radical (unpaired) electrons. The van der Waals surface area contributed by atoms with Crippen LogP contribution in [0.25, 0.3) is 0 Å². The van der Waals surface area contributed by atoms with Crippen molar-refractivity contribution in [2.75, 3.05) is 0 Å². The van der Waals surface area contributed by atoms with Crippen molar-refractivity contribution < 1.29 is 0 Å². The Morgan fingerprint density at radius 2 is 2.06 bits per heavy atom. The van der Waals surface area contributed by atoms with E-state index in [1.807, 2.05) is 24.3 Å². The molecule has 0 amide bonds. The number of hydrogen-bond donors (Lipinski definition) is 1. The molecule has 2 rings (SSSR count). The van der Waals surface area contributed by atoms with E-state index >= 15 is 0 Å². The number of nitrogens with one attached hydrogen (secondary N) is 1. The third-order valence-corrected chi connectivity index (χ3v) is 3.37. The number of nitrogens with zero attached hydrogens (tertiary/aromatic N) is 2. The van der Waals surface area contributed by atoms with Crippen molar-refractivity contribution >= 4 is 0 Å². The van der Waals surface area contributed by atoms with Crippen LogP contribution in [0.3, 0.4) is 0 Å². The first kappa shape index (κ1) is 11.6. The second-order valence-corrected chi connectivity index (χ2v) is 4.42. The lowest BCUT2D eigenvalue weighted by molar-refractivity contribution is 0.464. The number of rotatable bonds is 3. The van der Waals surface area contributed by atoms with Crippen LogP contribution in [0.2, 0.25) is 0 Å². The third-order valence-electron chi connectivity index (χ3n) is 3.37. The highest BCUT2D eigenvalue weighted by Crippen LogP contribution is 2.25. The van der Waals surface area contributed by atoms with Crippen LogP contribution in [0.4, 0.5) is 0 Å². The van der Waals surface area contributed by atoms with E-state index in [1.54, 1.807) is 0 Å². The van der Waals surface area contributed by atoms with Gasteiger partial charge in [0.25, 0.3) is 0 Å². The molecule has 0 aromatic heterocycles. The van der Waals surface area contributed by atoms with E-state index in [-0.39, 0.29) is 12.0 Å². The molecule has 86 valence electrons. The fraction of sp³-hybridized carbons (Fsp3) is 0.429. The van der Waals surface area contributed by atoms with Crippen LogP contribution >= 0.6 is 0 Å². The molecule has 3 nitrogen and oxygen atoms in total. The lowest BCUT2D eigenvalue weighted by Crippen LogP contribution is -2.31. The summed E-state index contributed by atoms with van der Waals surface area (Å²) in [5.41, 5.74) is 1.73. The second-order valence-electron chi connectivity index (χ2n) is 4.42. The minimum absolute atomic E-state index is 0.129. The topological polar surface area (TPSA) is 59.6 Å². The monoisotopic (exact) mass is 225 g/mol. The van der Waals surface area contributed by atoms with Gasteiger partial charge in [-0.3, -0.25) is 0 Å². The van der Waals surface area contributed by atoms with Crippen LogP contribution in [-0.2, 0) is 6.54 Å². The Morgan fingerprint density at radius 1 is 1.24 bits per heavy atom. The smallest absolute Gasteiger partial charge is 0.0995 e.